The summed E-state index contributed by atoms with van der Waals surface area (Å²) in [5, 5.41) is 2.87. The lowest BCUT2D eigenvalue weighted by atomic mass is 9.94. The molecule has 132 valence electrons. The number of carbonyl (C=O) groups is 1. The van der Waals surface area contributed by atoms with E-state index < -0.39 is 0 Å². The maximum absolute atomic E-state index is 11.5. The van der Waals surface area contributed by atoms with E-state index in [0.29, 0.717) is 18.8 Å². The first-order chi connectivity index (χ1) is 12.1. The summed E-state index contributed by atoms with van der Waals surface area (Å²) in [5.41, 5.74) is 4.34. The summed E-state index contributed by atoms with van der Waals surface area (Å²) in [6, 6.07) is 0. The van der Waals surface area contributed by atoms with Gasteiger partial charge in [0, 0.05) is 37.7 Å². The first-order valence-corrected chi connectivity index (χ1v) is 9.06. The molecule has 0 aromatic carbocycles. The fraction of sp³-hybridized carbons (Fsp3) is 0.526. The molecule has 0 bridgehead atoms. The SMILES string of the molecule is C[C@@H](Oc1ncc(C2=CCCCC2)c2ncn(C)c12)[C@H]1CNC(=O)C1. The number of hydrogen-bond acceptors (Lipinski definition) is 4. The van der Waals surface area contributed by atoms with E-state index in [9.17, 15) is 4.79 Å². The zero-order valence-electron chi connectivity index (χ0n) is 14.8. The summed E-state index contributed by atoms with van der Waals surface area (Å²) in [6.45, 7) is 2.67. The zero-order valence-corrected chi connectivity index (χ0v) is 14.8. The number of nitrogens with one attached hydrogen (secondary N) is 1. The lowest BCUT2D eigenvalue weighted by Gasteiger charge is -2.20. The number of pyridine rings is 1. The van der Waals surface area contributed by atoms with Crippen molar-refractivity contribution in [1.82, 2.24) is 19.9 Å². The largest absolute Gasteiger partial charge is 0.473 e. The Hall–Kier alpha value is -2.37. The van der Waals surface area contributed by atoms with Crippen LogP contribution in [0.4, 0.5) is 0 Å². The van der Waals surface area contributed by atoms with Gasteiger partial charge in [0.05, 0.1) is 6.33 Å². The second-order valence-electron chi connectivity index (χ2n) is 7.10. The van der Waals surface area contributed by atoms with Gasteiger partial charge in [0.25, 0.3) is 0 Å². The monoisotopic (exact) mass is 340 g/mol. The molecular formula is C19H24N4O2. The Labute approximate surface area is 147 Å². The van der Waals surface area contributed by atoms with Crippen LogP contribution in [0.3, 0.4) is 0 Å². The minimum Gasteiger partial charge on any atom is -0.473 e. The molecule has 2 aromatic heterocycles. The van der Waals surface area contributed by atoms with Crippen LogP contribution in [-0.4, -0.2) is 33.1 Å². The number of rotatable bonds is 4. The van der Waals surface area contributed by atoms with Gasteiger partial charge in [0.2, 0.25) is 11.8 Å². The van der Waals surface area contributed by atoms with E-state index in [0.717, 1.165) is 29.4 Å². The van der Waals surface area contributed by atoms with Crippen LogP contribution in [0.5, 0.6) is 5.88 Å². The number of carbonyl (C=O) groups excluding carboxylic acids is 1. The number of nitrogens with zero attached hydrogens (tertiary/aromatic N) is 3. The average molecular weight is 340 g/mol. The molecule has 6 nitrogen and oxygen atoms in total. The number of ether oxygens (including phenoxy) is 1. The van der Waals surface area contributed by atoms with Crippen LogP contribution in [0.2, 0.25) is 0 Å². The summed E-state index contributed by atoms with van der Waals surface area (Å²) in [5.74, 6) is 0.874. The molecule has 1 amide bonds. The Morgan fingerprint density at radius 2 is 2.24 bits per heavy atom. The van der Waals surface area contributed by atoms with Crippen molar-refractivity contribution in [1.29, 1.82) is 0 Å². The Balaban J connectivity index is 1.67. The molecule has 1 fully saturated rings. The molecular weight excluding hydrogens is 316 g/mol. The average Bonchev–Trinajstić information content (AvgIpc) is 3.23. The molecule has 1 N–H and O–H groups in total. The van der Waals surface area contributed by atoms with Crippen LogP contribution in [0.25, 0.3) is 16.6 Å². The van der Waals surface area contributed by atoms with Crippen molar-refractivity contribution in [2.45, 2.75) is 45.1 Å². The Morgan fingerprint density at radius 3 is 2.96 bits per heavy atom. The van der Waals surface area contributed by atoms with E-state index in [4.69, 9.17) is 4.74 Å². The maximum atomic E-state index is 11.5. The van der Waals surface area contributed by atoms with Gasteiger partial charge < -0.3 is 14.6 Å². The van der Waals surface area contributed by atoms with Crippen LogP contribution in [-0.2, 0) is 11.8 Å². The molecule has 1 saturated heterocycles. The van der Waals surface area contributed by atoms with Gasteiger partial charge in [-0.3, -0.25) is 4.79 Å². The van der Waals surface area contributed by atoms with Crippen molar-refractivity contribution in [2.75, 3.05) is 6.54 Å². The van der Waals surface area contributed by atoms with E-state index in [2.05, 4.69) is 21.4 Å². The number of fused-ring (bicyclic) bond motifs is 1. The third kappa shape index (κ3) is 3.01. The molecule has 6 heteroatoms. The predicted molar refractivity (Wildman–Crippen MR) is 96.2 cm³/mol. The highest BCUT2D eigenvalue weighted by Crippen LogP contribution is 2.34. The number of aryl methyl sites for hydroxylation is 1. The fourth-order valence-corrected chi connectivity index (χ4v) is 3.76. The summed E-state index contributed by atoms with van der Waals surface area (Å²) < 4.78 is 8.13. The normalized spacial score (nSPS) is 21.9. The quantitative estimate of drug-likeness (QED) is 0.929. The van der Waals surface area contributed by atoms with Crippen LogP contribution >= 0.6 is 0 Å². The third-order valence-corrected chi connectivity index (χ3v) is 5.31. The third-order valence-electron chi connectivity index (χ3n) is 5.31. The molecule has 25 heavy (non-hydrogen) atoms. The molecule has 0 saturated carbocycles. The molecule has 0 unspecified atom stereocenters. The maximum Gasteiger partial charge on any atom is 0.240 e. The van der Waals surface area contributed by atoms with Gasteiger partial charge in [0.15, 0.2) is 0 Å². The van der Waals surface area contributed by atoms with Crippen molar-refractivity contribution < 1.29 is 9.53 Å². The summed E-state index contributed by atoms with van der Waals surface area (Å²) in [6.07, 6.45) is 11.1. The van der Waals surface area contributed by atoms with Crippen LogP contribution in [0.15, 0.2) is 18.6 Å². The standard InChI is InChI=1S/C19H24N4O2/c1-12(14-8-16(24)20-9-14)25-19-18-17(22-11-23(18)2)15(10-21-19)13-6-4-3-5-7-13/h6,10-12,14H,3-5,7-9H2,1-2H3,(H,20,24)/t12-,14-/m1/s1. The molecule has 3 heterocycles. The minimum absolute atomic E-state index is 0.0794. The molecule has 2 aromatic rings. The lowest BCUT2D eigenvalue weighted by Crippen LogP contribution is -2.26. The van der Waals surface area contributed by atoms with Crippen LogP contribution in [0, 0.1) is 5.92 Å². The van der Waals surface area contributed by atoms with Crippen LogP contribution in [0.1, 0.15) is 44.6 Å². The highest BCUT2D eigenvalue weighted by atomic mass is 16.5. The van der Waals surface area contributed by atoms with Crippen molar-refractivity contribution in [3.63, 3.8) is 0 Å². The van der Waals surface area contributed by atoms with E-state index in [-0.39, 0.29) is 17.9 Å². The topological polar surface area (TPSA) is 69.0 Å². The van der Waals surface area contributed by atoms with Gasteiger partial charge in [0.1, 0.15) is 17.1 Å². The predicted octanol–water partition coefficient (Wildman–Crippen LogP) is 2.83. The Bertz CT molecular complexity index is 839. The van der Waals surface area contributed by atoms with E-state index >= 15 is 0 Å². The van der Waals surface area contributed by atoms with E-state index in [1.165, 1.54) is 18.4 Å². The van der Waals surface area contributed by atoms with Crippen molar-refractivity contribution in [3.8, 4) is 5.88 Å². The van der Waals surface area contributed by atoms with Gasteiger partial charge in [-0.05, 0) is 38.2 Å². The highest BCUT2D eigenvalue weighted by molar-refractivity contribution is 5.91. The lowest BCUT2D eigenvalue weighted by molar-refractivity contribution is -0.119. The fourth-order valence-electron chi connectivity index (χ4n) is 3.76. The number of hydrogen-bond donors (Lipinski definition) is 1. The first-order valence-electron chi connectivity index (χ1n) is 9.06. The Kier molecular flexibility index (Phi) is 4.19. The molecule has 0 radical (unpaired) electrons. The summed E-state index contributed by atoms with van der Waals surface area (Å²) >= 11 is 0. The zero-order chi connectivity index (χ0) is 17.4. The first kappa shape index (κ1) is 16.1. The molecule has 0 spiro atoms. The molecule has 2 atom stereocenters. The van der Waals surface area contributed by atoms with Gasteiger partial charge >= 0.3 is 0 Å². The summed E-state index contributed by atoms with van der Waals surface area (Å²) in [7, 11) is 1.97. The molecule has 4 rings (SSSR count). The number of allylic oxidation sites excluding steroid dienone is 2. The number of imidazole rings is 1. The van der Waals surface area contributed by atoms with E-state index in [1.54, 1.807) is 0 Å². The number of aromatic nitrogens is 3. The minimum atomic E-state index is -0.0794. The second kappa shape index (κ2) is 6.50. The van der Waals surface area contributed by atoms with Gasteiger partial charge in [-0.1, -0.05) is 6.08 Å². The van der Waals surface area contributed by atoms with Crippen LogP contribution < -0.4 is 10.1 Å². The van der Waals surface area contributed by atoms with E-state index in [1.807, 2.05) is 31.1 Å². The van der Waals surface area contributed by atoms with Gasteiger partial charge in [-0.15, -0.1) is 0 Å². The van der Waals surface area contributed by atoms with Crippen molar-refractivity contribution in [3.05, 3.63) is 24.2 Å². The second-order valence-corrected chi connectivity index (χ2v) is 7.10. The molecule has 1 aliphatic heterocycles. The van der Waals surface area contributed by atoms with Crippen molar-refractivity contribution >= 4 is 22.5 Å². The summed E-state index contributed by atoms with van der Waals surface area (Å²) in [4.78, 5) is 20.7. The molecule has 1 aliphatic carbocycles. The number of amides is 1. The van der Waals surface area contributed by atoms with Gasteiger partial charge in [-0.25, -0.2) is 9.97 Å². The van der Waals surface area contributed by atoms with Crippen molar-refractivity contribution in [2.24, 2.45) is 13.0 Å². The highest BCUT2D eigenvalue weighted by Gasteiger charge is 2.29. The molecule has 2 aliphatic rings. The van der Waals surface area contributed by atoms with Gasteiger partial charge in [-0.2, -0.15) is 0 Å². The smallest absolute Gasteiger partial charge is 0.240 e. The Morgan fingerprint density at radius 1 is 1.36 bits per heavy atom.